The Balaban J connectivity index is 2.24. The summed E-state index contributed by atoms with van der Waals surface area (Å²) >= 11 is 0. The highest BCUT2D eigenvalue weighted by molar-refractivity contribution is 5.52. The molecule has 109 valence electrons. The van der Waals surface area contributed by atoms with E-state index in [1.165, 1.54) is 0 Å². The van der Waals surface area contributed by atoms with Gasteiger partial charge in [0.15, 0.2) is 0 Å². The van der Waals surface area contributed by atoms with Crippen molar-refractivity contribution < 1.29 is 22.3 Å². The van der Waals surface area contributed by atoms with Gasteiger partial charge in [0.25, 0.3) is 6.40 Å². The fourth-order valence-corrected chi connectivity index (χ4v) is 1.97. The van der Waals surface area contributed by atoms with Gasteiger partial charge in [0.1, 0.15) is 18.5 Å². The predicted molar refractivity (Wildman–Crippen MR) is 66.5 cm³/mol. The van der Waals surface area contributed by atoms with Crippen molar-refractivity contribution in [1.29, 1.82) is 0 Å². The number of aliphatic imine (C=N–C) groups is 1. The molecule has 1 unspecified atom stereocenters. The molecule has 0 saturated heterocycles. The summed E-state index contributed by atoms with van der Waals surface area (Å²) in [6.07, 6.45) is -2.23. The van der Waals surface area contributed by atoms with Crippen molar-refractivity contribution in [2.24, 2.45) is 4.99 Å². The molecule has 0 aromatic heterocycles. The molecule has 20 heavy (non-hydrogen) atoms. The Hall–Kier alpha value is -1.79. The number of nitrogens with zero attached hydrogens (tertiary/aromatic N) is 2. The summed E-state index contributed by atoms with van der Waals surface area (Å²) in [5, 5.41) is 0. The van der Waals surface area contributed by atoms with Gasteiger partial charge in [-0.15, -0.1) is 0 Å². The quantitative estimate of drug-likeness (QED) is 0.796. The van der Waals surface area contributed by atoms with Gasteiger partial charge in [0, 0.05) is 18.8 Å². The molecule has 0 aliphatic carbocycles. The number of hydrogen-bond acceptors (Lipinski definition) is 3. The van der Waals surface area contributed by atoms with Crippen molar-refractivity contribution in [3.63, 3.8) is 0 Å². The van der Waals surface area contributed by atoms with Crippen molar-refractivity contribution in [2.75, 3.05) is 24.6 Å². The first kappa shape index (κ1) is 14.6. The third-order valence-corrected chi connectivity index (χ3v) is 2.96. The van der Waals surface area contributed by atoms with Crippen LogP contribution in [-0.4, -0.2) is 32.1 Å². The lowest BCUT2D eigenvalue weighted by Gasteiger charge is -2.25. The number of rotatable bonds is 4. The van der Waals surface area contributed by atoms with E-state index in [1.807, 2.05) is 0 Å². The van der Waals surface area contributed by atoms with Gasteiger partial charge in [-0.25, -0.2) is 9.38 Å². The van der Waals surface area contributed by atoms with Crippen molar-refractivity contribution >= 4 is 12.1 Å². The first-order valence-electron chi connectivity index (χ1n) is 6.09. The van der Waals surface area contributed by atoms with E-state index < -0.39 is 17.6 Å². The second-order valence-electron chi connectivity index (χ2n) is 4.42. The molecule has 2 rings (SSSR count). The molecule has 0 bridgehead atoms. The molecule has 0 N–H and O–H groups in total. The molecule has 1 aliphatic heterocycles. The van der Waals surface area contributed by atoms with Gasteiger partial charge in [0.05, 0.1) is 5.56 Å². The second kappa shape index (κ2) is 5.68. The Morgan fingerprint density at radius 1 is 1.40 bits per heavy atom. The lowest BCUT2D eigenvalue weighted by molar-refractivity contribution is -0.137. The van der Waals surface area contributed by atoms with Crippen LogP contribution in [-0.2, 0) is 10.9 Å². The van der Waals surface area contributed by atoms with Crippen LogP contribution in [0.1, 0.15) is 12.5 Å². The summed E-state index contributed by atoms with van der Waals surface area (Å²) < 4.78 is 56.3. The molecule has 0 amide bonds. The Labute approximate surface area is 113 Å². The molecule has 1 heterocycles. The van der Waals surface area contributed by atoms with Crippen LogP contribution in [0.3, 0.4) is 0 Å². The summed E-state index contributed by atoms with van der Waals surface area (Å²) in [6.45, 7) is 2.90. The van der Waals surface area contributed by atoms with Gasteiger partial charge < -0.3 is 9.64 Å². The first-order valence-corrected chi connectivity index (χ1v) is 6.09. The number of alkyl halides is 3. The fourth-order valence-electron chi connectivity index (χ4n) is 1.97. The maximum atomic E-state index is 13.4. The fraction of sp³-hybridized carbons (Fsp3) is 0.462. The maximum Gasteiger partial charge on any atom is 0.416 e. The van der Waals surface area contributed by atoms with E-state index in [9.17, 15) is 17.6 Å². The first-order chi connectivity index (χ1) is 9.40. The van der Waals surface area contributed by atoms with Crippen LogP contribution in [0.2, 0.25) is 0 Å². The van der Waals surface area contributed by atoms with E-state index >= 15 is 0 Å². The van der Waals surface area contributed by atoms with Crippen molar-refractivity contribution in [3.05, 3.63) is 29.6 Å². The number of anilines is 1. The predicted octanol–water partition coefficient (Wildman–Crippen LogP) is 2.97. The summed E-state index contributed by atoms with van der Waals surface area (Å²) in [6, 6.07) is 2.31. The van der Waals surface area contributed by atoms with E-state index in [1.54, 1.807) is 11.8 Å². The van der Waals surface area contributed by atoms with Crippen LogP contribution in [0.15, 0.2) is 23.2 Å². The normalized spacial score (nSPS) is 18.1. The highest BCUT2D eigenvalue weighted by Crippen LogP contribution is 2.32. The zero-order chi connectivity index (χ0) is 14.8. The topological polar surface area (TPSA) is 24.8 Å². The Bertz CT molecular complexity index is 502. The lowest BCUT2D eigenvalue weighted by atomic mass is 10.1. The highest BCUT2D eigenvalue weighted by Gasteiger charge is 2.32. The zero-order valence-corrected chi connectivity index (χ0v) is 10.7. The summed E-state index contributed by atoms with van der Waals surface area (Å²) in [4.78, 5) is 5.54. The molecular weight excluding hydrogens is 276 g/mol. The third-order valence-electron chi connectivity index (χ3n) is 2.96. The van der Waals surface area contributed by atoms with E-state index in [2.05, 4.69) is 11.4 Å². The largest absolute Gasteiger partial charge is 0.472 e. The number of hydrogen-bond donors (Lipinski definition) is 0. The molecule has 0 saturated carbocycles. The monoisotopic (exact) mass is 289 g/mol. The highest BCUT2D eigenvalue weighted by atomic mass is 19.4. The molecule has 1 aromatic carbocycles. The van der Waals surface area contributed by atoms with Gasteiger partial charge >= 0.3 is 6.18 Å². The minimum Gasteiger partial charge on any atom is -0.472 e. The average molecular weight is 289 g/mol. The molecule has 0 fully saturated rings. The van der Waals surface area contributed by atoms with Gasteiger partial charge in [-0.05, 0) is 25.1 Å². The number of benzene rings is 1. The molecule has 3 nitrogen and oxygen atoms in total. The molecular formula is C13H13F4N2O. The lowest BCUT2D eigenvalue weighted by Crippen LogP contribution is -2.32. The van der Waals surface area contributed by atoms with E-state index in [0.717, 1.165) is 12.1 Å². The van der Waals surface area contributed by atoms with Gasteiger partial charge in [-0.1, -0.05) is 0 Å². The van der Waals surface area contributed by atoms with Gasteiger partial charge in [0.2, 0.25) is 0 Å². The van der Waals surface area contributed by atoms with Crippen LogP contribution >= 0.6 is 0 Å². The molecule has 1 atom stereocenters. The summed E-state index contributed by atoms with van der Waals surface area (Å²) in [7, 11) is 0. The molecule has 1 aromatic rings. The van der Waals surface area contributed by atoms with E-state index in [0.29, 0.717) is 25.8 Å². The Morgan fingerprint density at radius 2 is 2.15 bits per heavy atom. The minimum absolute atomic E-state index is 0.182. The smallest absolute Gasteiger partial charge is 0.416 e. The second-order valence-corrected chi connectivity index (χ2v) is 4.42. The van der Waals surface area contributed by atoms with Crippen molar-refractivity contribution in [2.45, 2.75) is 19.1 Å². The van der Waals surface area contributed by atoms with Crippen LogP contribution < -0.4 is 4.90 Å². The number of halogens is 4. The zero-order valence-electron chi connectivity index (χ0n) is 10.7. The van der Waals surface area contributed by atoms with Crippen molar-refractivity contribution in [1.82, 2.24) is 0 Å². The van der Waals surface area contributed by atoms with Crippen LogP contribution in [0.5, 0.6) is 0 Å². The molecule has 7 heteroatoms. The molecule has 1 aliphatic rings. The SMILES string of the molecule is CCN(CC1CO[C]=N1)c1cc(F)cc(C(F)(F)F)c1. The van der Waals surface area contributed by atoms with E-state index in [-0.39, 0.29) is 11.7 Å². The maximum absolute atomic E-state index is 13.4. The number of ether oxygens (including phenoxy) is 1. The third kappa shape index (κ3) is 3.40. The standard InChI is InChI=1S/C13H13F4N2O/c1-2-19(6-11-7-20-8-18-11)12-4-9(13(15,16)17)3-10(14)5-12/h3-5,11H,2,6-7H2,1H3. The average Bonchev–Trinajstić information content (AvgIpc) is 2.87. The van der Waals surface area contributed by atoms with Crippen LogP contribution in [0, 0.1) is 5.82 Å². The van der Waals surface area contributed by atoms with Gasteiger partial charge in [-0.3, -0.25) is 0 Å². The van der Waals surface area contributed by atoms with Crippen LogP contribution in [0.4, 0.5) is 23.2 Å². The van der Waals surface area contributed by atoms with Gasteiger partial charge in [-0.2, -0.15) is 13.2 Å². The molecule has 0 spiro atoms. The summed E-state index contributed by atoms with van der Waals surface area (Å²) in [5.41, 5.74) is -0.814. The Morgan fingerprint density at radius 3 is 2.70 bits per heavy atom. The Kier molecular flexibility index (Phi) is 4.15. The summed E-state index contributed by atoms with van der Waals surface area (Å²) in [5.74, 6) is -0.911. The molecule has 1 radical (unpaired) electrons. The van der Waals surface area contributed by atoms with E-state index in [4.69, 9.17) is 4.74 Å². The minimum atomic E-state index is -4.57. The van der Waals surface area contributed by atoms with Crippen molar-refractivity contribution in [3.8, 4) is 0 Å². The van der Waals surface area contributed by atoms with Crippen LogP contribution in [0.25, 0.3) is 0 Å². The number of likely N-dealkylation sites (N-methyl/N-ethyl adjacent to an activating group) is 1.